The average Bonchev–Trinajstić information content (AvgIpc) is 1.93. The van der Waals surface area contributed by atoms with Gasteiger partial charge in [-0.3, -0.25) is 4.79 Å². The highest BCUT2D eigenvalue weighted by Gasteiger charge is 2.07. The van der Waals surface area contributed by atoms with Crippen molar-refractivity contribution < 1.29 is 4.79 Å². The lowest BCUT2D eigenvalue weighted by molar-refractivity contribution is -0.113. The van der Waals surface area contributed by atoms with Crippen LogP contribution < -0.4 is 5.73 Å². The third-order valence-electron chi connectivity index (χ3n) is 1.57. The standard InChI is InChI=1S/C11H19NO/c1-11(2,3)9-7-5-4-6-8-10(12)13/h4-6,8H,7,9H2,1-3H3,(H2,12,13). The second-order valence-electron chi connectivity index (χ2n) is 4.29. The molecule has 0 unspecified atom stereocenters. The van der Waals surface area contributed by atoms with Crippen molar-refractivity contribution in [3.05, 3.63) is 24.3 Å². The van der Waals surface area contributed by atoms with Crippen molar-refractivity contribution in [2.45, 2.75) is 33.6 Å². The van der Waals surface area contributed by atoms with E-state index in [1.165, 1.54) is 6.08 Å². The highest BCUT2D eigenvalue weighted by atomic mass is 16.1. The highest BCUT2D eigenvalue weighted by molar-refractivity contribution is 5.85. The molecule has 0 fully saturated rings. The molecule has 2 heteroatoms. The quantitative estimate of drug-likeness (QED) is 0.525. The van der Waals surface area contributed by atoms with Crippen molar-refractivity contribution >= 4 is 5.91 Å². The minimum atomic E-state index is -0.402. The number of hydrogen-bond acceptors (Lipinski definition) is 1. The van der Waals surface area contributed by atoms with E-state index in [0.29, 0.717) is 5.41 Å². The topological polar surface area (TPSA) is 43.1 Å². The zero-order chi connectivity index (χ0) is 10.3. The van der Waals surface area contributed by atoms with Crippen LogP contribution in [-0.4, -0.2) is 5.91 Å². The summed E-state index contributed by atoms with van der Waals surface area (Å²) >= 11 is 0. The number of primary amides is 1. The zero-order valence-electron chi connectivity index (χ0n) is 8.71. The number of carbonyl (C=O) groups excluding carboxylic acids is 1. The molecule has 0 saturated carbocycles. The molecule has 0 spiro atoms. The average molecular weight is 181 g/mol. The van der Waals surface area contributed by atoms with Crippen LogP contribution >= 0.6 is 0 Å². The Morgan fingerprint density at radius 3 is 2.38 bits per heavy atom. The van der Waals surface area contributed by atoms with Crippen molar-refractivity contribution in [1.29, 1.82) is 0 Å². The van der Waals surface area contributed by atoms with Gasteiger partial charge in [-0.2, -0.15) is 0 Å². The summed E-state index contributed by atoms with van der Waals surface area (Å²) in [5, 5.41) is 0. The van der Waals surface area contributed by atoms with E-state index >= 15 is 0 Å². The Labute approximate surface area is 80.5 Å². The summed E-state index contributed by atoms with van der Waals surface area (Å²) in [4.78, 5) is 10.3. The first-order chi connectivity index (χ1) is 5.92. The molecule has 0 aliphatic heterocycles. The van der Waals surface area contributed by atoms with Crippen molar-refractivity contribution in [1.82, 2.24) is 0 Å². The van der Waals surface area contributed by atoms with Gasteiger partial charge in [0.2, 0.25) is 5.91 Å². The van der Waals surface area contributed by atoms with Crippen LogP contribution in [0.2, 0.25) is 0 Å². The van der Waals surface area contributed by atoms with E-state index < -0.39 is 5.91 Å². The Hall–Kier alpha value is -1.05. The van der Waals surface area contributed by atoms with Gasteiger partial charge in [-0.15, -0.1) is 0 Å². The summed E-state index contributed by atoms with van der Waals surface area (Å²) in [5.41, 5.74) is 5.29. The molecular formula is C11H19NO. The van der Waals surface area contributed by atoms with Crippen LogP contribution in [0.5, 0.6) is 0 Å². The van der Waals surface area contributed by atoms with E-state index in [2.05, 4.69) is 20.8 Å². The summed E-state index contributed by atoms with van der Waals surface area (Å²) in [6.45, 7) is 6.63. The van der Waals surface area contributed by atoms with Gasteiger partial charge in [0.1, 0.15) is 0 Å². The van der Waals surface area contributed by atoms with Crippen molar-refractivity contribution in [3.63, 3.8) is 0 Å². The molecule has 0 aromatic heterocycles. The van der Waals surface area contributed by atoms with E-state index in [4.69, 9.17) is 5.73 Å². The van der Waals surface area contributed by atoms with Crippen LogP contribution in [0.3, 0.4) is 0 Å². The van der Waals surface area contributed by atoms with Gasteiger partial charge < -0.3 is 5.73 Å². The van der Waals surface area contributed by atoms with E-state index in [-0.39, 0.29) is 0 Å². The summed E-state index contributed by atoms with van der Waals surface area (Å²) < 4.78 is 0. The molecule has 0 aromatic carbocycles. The molecule has 0 aliphatic carbocycles. The maximum absolute atomic E-state index is 10.3. The highest BCUT2D eigenvalue weighted by Crippen LogP contribution is 2.20. The monoisotopic (exact) mass is 181 g/mol. The molecule has 0 saturated heterocycles. The van der Waals surface area contributed by atoms with Gasteiger partial charge >= 0.3 is 0 Å². The predicted octanol–water partition coefficient (Wildman–Crippen LogP) is 2.41. The summed E-state index contributed by atoms with van der Waals surface area (Å²) in [7, 11) is 0. The Morgan fingerprint density at radius 1 is 1.31 bits per heavy atom. The Bertz CT molecular complexity index is 209. The van der Waals surface area contributed by atoms with Gasteiger partial charge in [0.15, 0.2) is 0 Å². The molecule has 13 heavy (non-hydrogen) atoms. The Kier molecular flexibility index (Phi) is 5.12. The molecular weight excluding hydrogens is 162 g/mol. The molecule has 2 N–H and O–H groups in total. The van der Waals surface area contributed by atoms with Crippen molar-refractivity contribution in [3.8, 4) is 0 Å². The molecule has 1 amide bonds. The van der Waals surface area contributed by atoms with Crippen LogP contribution in [0.1, 0.15) is 33.6 Å². The fraction of sp³-hybridized carbons (Fsp3) is 0.545. The first-order valence-corrected chi connectivity index (χ1v) is 4.54. The van der Waals surface area contributed by atoms with Gasteiger partial charge in [0.05, 0.1) is 0 Å². The maximum atomic E-state index is 10.3. The lowest BCUT2D eigenvalue weighted by atomic mass is 9.90. The van der Waals surface area contributed by atoms with Crippen LogP contribution in [-0.2, 0) is 4.79 Å². The normalized spacial score (nSPS) is 12.8. The number of allylic oxidation sites excluding steroid dienone is 3. The number of rotatable bonds is 4. The van der Waals surface area contributed by atoms with Crippen LogP contribution in [0.15, 0.2) is 24.3 Å². The largest absolute Gasteiger partial charge is 0.366 e. The third kappa shape index (κ3) is 10.9. The van der Waals surface area contributed by atoms with Gasteiger partial charge in [-0.25, -0.2) is 0 Å². The molecule has 0 heterocycles. The molecule has 0 aliphatic rings. The van der Waals surface area contributed by atoms with Gasteiger partial charge in [-0.1, -0.05) is 39.0 Å². The minimum Gasteiger partial charge on any atom is -0.366 e. The van der Waals surface area contributed by atoms with E-state index in [1.54, 1.807) is 6.08 Å². The summed E-state index contributed by atoms with van der Waals surface area (Å²) in [6, 6.07) is 0. The maximum Gasteiger partial charge on any atom is 0.241 e. The first-order valence-electron chi connectivity index (χ1n) is 4.54. The fourth-order valence-corrected chi connectivity index (χ4v) is 0.842. The van der Waals surface area contributed by atoms with E-state index in [1.807, 2.05) is 12.2 Å². The SMILES string of the molecule is CC(C)(C)CCC=CC=CC(N)=O. The second-order valence-corrected chi connectivity index (χ2v) is 4.29. The summed E-state index contributed by atoms with van der Waals surface area (Å²) in [6.07, 6.45) is 9.11. The summed E-state index contributed by atoms with van der Waals surface area (Å²) in [5.74, 6) is -0.402. The van der Waals surface area contributed by atoms with Crippen LogP contribution in [0.4, 0.5) is 0 Å². The number of nitrogens with two attached hydrogens (primary N) is 1. The smallest absolute Gasteiger partial charge is 0.241 e. The van der Waals surface area contributed by atoms with Gasteiger partial charge in [-0.05, 0) is 18.3 Å². The zero-order valence-corrected chi connectivity index (χ0v) is 8.71. The number of carbonyl (C=O) groups is 1. The molecule has 0 atom stereocenters. The first kappa shape index (κ1) is 11.9. The van der Waals surface area contributed by atoms with Crippen molar-refractivity contribution in [2.24, 2.45) is 11.1 Å². The van der Waals surface area contributed by atoms with Gasteiger partial charge in [0.25, 0.3) is 0 Å². The molecule has 0 bridgehead atoms. The molecule has 2 nitrogen and oxygen atoms in total. The van der Waals surface area contributed by atoms with Crippen molar-refractivity contribution in [2.75, 3.05) is 0 Å². The molecule has 0 aromatic rings. The minimum absolute atomic E-state index is 0.373. The third-order valence-corrected chi connectivity index (χ3v) is 1.57. The lowest BCUT2D eigenvalue weighted by Crippen LogP contribution is -2.05. The molecule has 0 rings (SSSR count). The predicted molar refractivity (Wildman–Crippen MR) is 56.2 cm³/mol. The molecule has 74 valence electrons. The Balaban J connectivity index is 3.60. The van der Waals surface area contributed by atoms with Crippen LogP contribution in [0.25, 0.3) is 0 Å². The van der Waals surface area contributed by atoms with E-state index in [0.717, 1.165) is 12.8 Å². The lowest BCUT2D eigenvalue weighted by Gasteiger charge is -2.15. The Morgan fingerprint density at radius 2 is 1.92 bits per heavy atom. The van der Waals surface area contributed by atoms with Crippen LogP contribution in [0, 0.1) is 5.41 Å². The van der Waals surface area contributed by atoms with E-state index in [9.17, 15) is 4.79 Å². The fourth-order valence-electron chi connectivity index (χ4n) is 0.842. The number of hydrogen-bond donors (Lipinski definition) is 1. The van der Waals surface area contributed by atoms with Gasteiger partial charge in [0, 0.05) is 6.08 Å². The second kappa shape index (κ2) is 5.57. The number of amides is 1. The molecule has 0 radical (unpaired) electrons.